The minimum Gasteiger partial charge on any atom is -0.497 e. The number of carbonyl (C=O) groups excluding carboxylic acids is 2. The zero-order valence-electron chi connectivity index (χ0n) is 19.1. The highest BCUT2D eigenvalue weighted by Crippen LogP contribution is 2.40. The second kappa shape index (κ2) is 10.1. The van der Waals surface area contributed by atoms with Crippen molar-refractivity contribution in [2.24, 2.45) is 5.92 Å². The molecule has 0 atom stereocenters. The largest absolute Gasteiger partial charge is 0.497 e. The molecule has 2 heterocycles. The standard InChI is InChI=1S/C24H26F3N3O5/c1-33-17-4-5-20(19(12-17)24(25,26)27)35-18-3-2-16(28-14-18)13-29-22(32)23(8-9-23)30-21(31)15-6-10-34-11-7-15/h2-5,12,14-15H,6-11,13H2,1H3,(H,29,32)(H,30,31). The molecule has 0 bridgehead atoms. The molecule has 2 aliphatic rings. The third-order valence-electron chi connectivity index (χ3n) is 6.09. The molecule has 0 radical (unpaired) electrons. The van der Waals surface area contributed by atoms with E-state index >= 15 is 0 Å². The van der Waals surface area contributed by atoms with Gasteiger partial charge in [0.05, 0.1) is 25.5 Å². The van der Waals surface area contributed by atoms with E-state index in [1.54, 1.807) is 6.07 Å². The molecular weight excluding hydrogens is 467 g/mol. The van der Waals surface area contributed by atoms with Crippen molar-refractivity contribution in [3.63, 3.8) is 0 Å². The van der Waals surface area contributed by atoms with Crippen molar-refractivity contribution in [2.45, 2.75) is 43.9 Å². The Bertz CT molecular complexity index is 1070. The second-order valence-corrected chi connectivity index (χ2v) is 8.59. The van der Waals surface area contributed by atoms with Crippen LogP contribution in [-0.2, 0) is 27.0 Å². The molecule has 1 aliphatic carbocycles. The summed E-state index contributed by atoms with van der Waals surface area (Å²) in [6.45, 7) is 1.18. The molecule has 2 amide bonds. The Kier molecular flexibility index (Phi) is 7.15. The van der Waals surface area contributed by atoms with Crippen molar-refractivity contribution in [3.05, 3.63) is 47.8 Å². The molecule has 8 nitrogen and oxygen atoms in total. The predicted octanol–water partition coefficient (Wildman–Crippen LogP) is 3.59. The number of ether oxygens (including phenoxy) is 3. The fraction of sp³-hybridized carbons (Fsp3) is 0.458. The molecule has 35 heavy (non-hydrogen) atoms. The maximum absolute atomic E-state index is 13.4. The zero-order chi connectivity index (χ0) is 25.1. The van der Waals surface area contributed by atoms with Gasteiger partial charge in [0.1, 0.15) is 28.4 Å². The summed E-state index contributed by atoms with van der Waals surface area (Å²) in [6.07, 6.45) is -0.924. The van der Waals surface area contributed by atoms with Gasteiger partial charge in [-0.1, -0.05) is 0 Å². The maximum Gasteiger partial charge on any atom is 0.420 e. The van der Waals surface area contributed by atoms with E-state index in [0.717, 1.165) is 6.07 Å². The van der Waals surface area contributed by atoms with Gasteiger partial charge in [0.15, 0.2) is 0 Å². The maximum atomic E-state index is 13.4. The Balaban J connectivity index is 1.33. The molecule has 2 fully saturated rings. The normalized spacial score (nSPS) is 17.4. The average Bonchev–Trinajstić information content (AvgIpc) is 3.64. The van der Waals surface area contributed by atoms with Crippen LogP contribution in [0.25, 0.3) is 0 Å². The first-order valence-corrected chi connectivity index (χ1v) is 11.3. The quantitative estimate of drug-likeness (QED) is 0.583. The van der Waals surface area contributed by atoms with Gasteiger partial charge in [0.25, 0.3) is 0 Å². The summed E-state index contributed by atoms with van der Waals surface area (Å²) < 4.78 is 55.7. The van der Waals surface area contributed by atoms with Crippen molar-refractivity contribution in [2.75, 3.05) is 20.3 Å². The highest BCUT2D eigenvalue weighted by Gasteiger charge is 2.51. The van der Waals surface area contributed by atoms with Gasteiger partial charge in [-0.15, -0.1) is 0 Å². The fourth-order valence-corrected chi connectivity index (χ4v) is 3.82. The van der Waals surface area contributed by atoms with E-state index in [9.17, 15) is 22.8 Å². The molecule has 0 unspecified atom stereocenters. The van der Waals surface area contributed by atoms with E-state index in [2.05, 4.69) is 15.6 Å². The molecule has 1 aliphatic heterocycles. The number of pyridine rings is 1. The van der Waals surface area contributed by atoms with Crippen LogP contribution >= 0.6 is 0 Å². The number of carbonyl (C=O) groups is 2. The van der Waals surface area contributed by atoms with Crippen molar-refractivity contribution in [1.29, 1.82) is 0 Å². The van der Waals surface area contributed by atoms with E-state index in [1.165, 1.54) is 31.5 Å². The molecule has 11 heteroatoms. The SMILES string of the molecule is COc1ccc(Oc2ccc(CNC(=O)C3(NC(=O)C4CCOCC4)CC3)nc2)c(C(F)(F)F)c1. The van der Waals surface area contributed by atoms with Crippen LogP contribution in [0.5, 0.6) is 17.2 Å². The summed E-state index contributed by atoms with van der Waals surface area (Å²) in [7, 11) is 1.28. The molecule has 1 saturated heterocycles. The van der Waals surface area contributed by atoms with E-state index in [0.29, 0.717) is 44.6 Å². The monoisotopic (exact) mass is 493 g/mol. The van der Waals surface area contributed by atoms with Gasteiger partial charge in [0.2, 0.25) is 11.8 Å². The number of hydrogen-bond donors (Lipinski definition) is 2. The highest BCUT2D eigenvalue weighted by molar-refractivity contribution is 5.94. The summed E-state index contributed by atoms with van der Waals surface area (Å²) in [5, 5.41) is 5.66. The number of aromatic nitrogens is 1. The summed E-state index contributed by atoms with van der Waals surface area (Å²) in [4.78, 5) is 29.3. The fourth-order valence-electron chi connectivity index (χ4n) is 3.82. The highest BCUT2D eigenvalue weighted by atomic mass is 19.4. The van der Waals surface area contributed by atoms with Gasteiger partial charge < -0.3 is 24.8 Å². The Morgan fingerprint density at radius 2 is 1.86 bits per heavy atom. The molecule has 1 aromatic heterocycles. The number of methoxy groups -OCH3 is 1. The van der Waals surface area contributed by atoms with Crippen molar-refractivity contribution in [1.82, 2.24) is 15.6 Å². The molecule has 1 aromatic carbocycles. The number of halogens is 3. The molecule has 2 N–H and O–H groups in total. The summed E-state index contributed by atoms with van der Waals surface area (Å²) >= 11 is 0. The van der Waals surface area contributed by atoms with E-state index in [-0.39, 0.29) is 41.5 Å². The van der Waals surface area contributed by atoms with Gasteiger partial charge in [-0.05, 0) is 56.0 Å². The van der Waals surface area contributed by atoms with Crippen molar-refractivity contribution >= 4 is 11.8 Å². The Morgan fingerprint density at radius 3 is 2.46 bits per heavy atom. The first-order chi connectivity index (χ1) is 16.7. The number of hydrogen-bond acceptors (Lipinski definition) is 6. The lowest BCUT2D eigenvalue weighted by Gasteiger charge is -2.24. The Labute approximate surface area is 200 Å². The number of nitrogens with zero attached hydrogens (tertiary/aromatic N) is 1. The minimum absolute atomic E-state index is 0.0614. The third kappa shape index (κ3) is 6.02. The number of amides is 2. The molecule has 0 spiro atoms. The number of rotatable bonds is 8. The minimum atomic E-state index is -4.62. The van der Waals surface area contributed by atoms with Crippen LogP contribution in [0.4, 0.5) is 13.2 Å². The van der Waals surface area contributed by atoms with Crippen LogP contribution in [0.15, 0.2) is 36.5 Å². The van der Waals surface area contributed by atoms with Gasteiger partial charge >= 0.3 is 6.18 Å². The van der Waals surface area contributed by atoms with Gasteiger partial charge in [-0.2, -0.15) is 13.2 Å². The molecule has 2 aromatic rings. The number of benzene rings is 1. The zero-order valence-corrected chi connectivity index (χ0v) is 19.1. The molecule has 4 rings (SSSR count). The third-order valence-corrected chi connectivity index (χ3v) is 6.09. The van der Waals surface area contributed by atoms with Crippen LogP contribution in [0.2, 0.25) is 0 Å². The van der Waals surface area contributed by atoms with E-state index in [1.807, 2.05) is 0 Å². The van der Waals surface area contributed by atoms with Gasteiger partial charge in [-0.3, -0.25) is 14.6 Å². The van der Waals surface area contributed by atoms with Gasteiger partial charge in [0, 0.05) is 19.1 Å². The van der Waals surface area contributed by atoms with Crippen LogP contribution in [0, 0.1) is 5.92 Å². The second-order valence-electron chi connectivity index (χ2n) is 8.59. The van der Waals surface area contributed by atoms with Crippen LogP contribution < -0.4 is 20.1 Å². The summed E-state index contributed by atoms with van der Waals surface area (Å²) in [5.41, 5.74) is -1.37. The van der Waals surface area contributed by atoms with E-state index < -0.39 is 17.3 Å². The lowest BCUT2D eigenvalue weighted by Crippen LogP contribution is -2.51. The Hall–Kier alpha value is -3.34. The number of alkyl halides is 3. The van der Waals surface area contributed by atoms with Gasteiger partial charge in [-0.25, -0.2) is 0 Å². The van der Waals surface area contributed by atoms with E-state index in [4.69, 9.17) is 14.2 Å². The number of nitrogens with one attached hydrogen (secondary N) is 2. The van der Waals surface area contributed by atoms with Crippen molar-refractivity contribution < 1.29 is 37.0 Å². The van der Waals surface area contributed by atoms with Crippen LogP contribution in [-0.4, -0.2) is 42.7 Å². The molecular formula is C24H26F3N3O5. The molecule has 188 valence electrons. The topological polar surface area (TPSA) is 98.8 Å². The summed E-state index contributed by atoms with van der Waals surface area (Å²) in [6, 6.07) is 6.43. The average molecular weight is 493 g/mol. The molecule has 1 saturated carbocycles. The van der Waals surface area contributed by atoms with Crippen molar-refractivity contribution in [3.8, 4) is 17.2 Å². The smallest absolute Gasteiger partial charge is 0.420 e. The lowest BCUT2D eigenvalue weighted by molar-refractivity contribution is -0.138. The first-order valence-electron chi connectivity index (χ1n) is 11.3. The van der Waals surface area contributed by atoms with Crippen LogP contribution in [0.1, 0.15) is 36.9 Å². The summed E-state index contributed by atoms with van der Waals surface area (Å²) in [5.74, 6) is -0.765. The van der Waals surface area contributed by atoms with Crippen LogP contribution in [0.3, 0.4) is 0 Å². The predicted molar refractivity (Wildman–Crippen MR) is 118 cm³/mol. The first kappa shape index (κ1) is 24.8. The lowest BCUT2D eigenvalue weighted by atomic mass is 9.98. The Morgan fingerprint density at radius 1 is 1.14 bits per heavy atom.